The standard InChI is InChI=1S/C35H41N3O4/c1-24(2)31(34(41)42)36(4)32(39)29-21-14-22-37(25(29)3)33(40)30-23-38(30)35(26-15-8-5-9-16-26,27-17-10-6-11-18-27)28-19-12-7-13-20-28/h5-13,15-20,24-25,29-31H,14,21-23H2,1-4H3,(H,41,42)/t25-,29?,30?,31-,38?/m0/s1. The highest BCUT2D eigenvalue weighted by Crippen LogP contribution is 2.49. The average molecular weight is 568 g/mol. The summed E-state index contributed by atoms with van der Waals surface area (Å²) in [4.78, 5) is 45.3. The van der Waals surface area contributed by atoms with Crippen molar-refractivity contribution < 1.29 is 19.5 Å². The largest absolute Gasteiger partial charge is 0.480 e. The molecule has 2 heterocycles. The van der Waals surface area contributed by atoms with Crippen LogP contribution in [0.15, 0.2) is 91.0 Å². The Morgan fingerprint density at radius 3 is 1.76 bits per heavy atom. The molecule has 1 N–H and O–H groups in total. The van der Waals surface area contributed by atoms with E-state index in [1.807, 2.05) is 80.3 Å². The number of likely N-dealkylation sites (N-methyl/N-ethyl adjacent to an activating group) is 1. The second-order valence-corrected chi connectivity index (χ2v) is 12.0. The van der Waals surface area contributed by atoms with Crippen LogP contribution < -0.4 is 0 Å². The van der Waals surface area contributed by atoms with Gasteiger partial charge in [0, 0.05) is 26.2 Å². The highest BCUT2D eigenvalue weighted by molar-refractivity contribution is 5.89. The van der Waals surface area contributed by atoms with E-state index in [0.29, 0.717) is 25.9 Å². The minimum atomic E-state index is -1.01. The highest BCUT2D eigenvalue weighted by Gasteiger charge is 2.57. The summed E-state index contributed by atoms with van der Waals surface area (Å²) in [6.07, 6.45) is 1.34. The van der Waals surface area contributed by atoms with Gasteiger partial charge in [-0.15, -0.1) is 0 Å². The molecule has 2 amide bonds. The Bertz CT molecular complexity index is 1300. The molecule has 7 heteroatoms. The molecule has 0 aliphatic carbocycles. The summed E-state index contributed by atoms with van der Waals surface area (Å²) < 4.78 is 0. The molecule has 3 unspecified atom stereocenters. The molecule has 5 rings (SSSR count). The second kappa shape index (κ2) is 12.1. The number of likely N-dealkylation sites (tertiary alicyclic amines) is 1. The highest BCUT2D eigenvalue weighted by atomic mass is 16.4. The molecule has 2 aliphatic rings. The normalized spacial score (nSPS) is 22.8. The van der Waals surface area contributed by atoms with Gasteiger partial charge in [0.1, 0.15) is 12.1 Å². The van der Waals surface area contributed by atoms with E-state index in [4.69, 9.17) is 0 Å². The SMILES string of the molecule is CC(C)[C@@H](C(=O)O)N(C)C(=O)C1CCCN(C(=O)C2CN2C(c2ccccc2)(c2ccccc2)c2ccccc2)[C@H]1C. The lowest BCUT2D eigenvalue weighted by molar-refractivity contribution is -0.155. The Kier molecular flexibility index (Phi) is 8.50. The van der Waals surface area contributed by atoms with E-state index in [0.717, 1.165) is 16.7 Å². The van der Waals surface area contributed by atoms with E-state index < -0.39 is 23.5 Å². The van der Waals surface area contributed by atoms with Gasteiger partial charge in [-0.25, -0.2) is 4.79 Å². The second-order valence-electron chi connectivity index (χ2n) is 12.0. The van der Waals surface area contributed by atoms with E-state index in [1.54, 1.807) is 7.05 Å². The minimum Gasteiger partial charge on any atom is -0.480 e. The van der Waals surface area contributed by atoms with Crippen LogP contribution in [0.25, 0.3) is 0 Å². The van der Waals surface area contributed by atoms with Crippen molar-refractivity contribution in [2.45, 2.75) is 57.3 Å². The lowest BCUT2D eigenvalue weighted by atomic mass is 9.76. The lowest BCUT2D eigenvalue weighted by Crippen LogP contribution is -2.56. The summed E-state index contributed by atoms with van der Waals surface area (Å²) in [6.45, 7) is 6.73. The summed E-state index contributed by atoms with van der Waals surface area (Å²) in [5.41, 5.74) is 2.61. The number of benzene rings is 3. The van der Waals surface area contributed by atoms with Crippen LogP contribution in [0.5, 0.6) is 0 Å². The third kappa shape index (κ3) is 5.22. The summed E-state index contributed by atoms with van der Waals surface area (Å²) >= 11 is 0. The number of nitrogens with zero attached hydrogens (tertiary/aromatic N) is 3. The fourth-order valence-electron chi connectivity index (χ4n) is 7.03. The molecule has 3 aromatic rings. The van der Waals surface area contributed by atoms with Gasteiger partial charge in [-0.05, 0) is 42.4 Å². The smallest absolute Gasteiger partial charge is 0.326 e. The van der Waals surface area contributed by atoms with Gasteiger partial charge in [0.05, 0.1) is 11.5 Å². The molecule has 0 spiro atoms. The van der Waals surface area contributed by atoms with Gasteiger partial charge in [0.15, 0.2) is 0 Å². The van der Waals surface area contributed by atoms with Crippen LogP contribution in [-0.4, -0.2) is 75.9 Å². The first-order valence-electron chi connectivity index (χ1n) is 14.9. The number of aliphatic carboxylic acids is 1. The molecule has 7 nitrogen and oxygen atoms in total. The van der Waals surface area contributed by atoms with E-state index in [9.17, 15) is 19.5 Å². The predicted molar refractivity (Wildman–Crippen MR) is 163 cm³/mol. The van der Waals surface area contributed by atoms with E-state index in [-0.39, 0.29) is 29.8 Å². The van der Waals surface area contributed by atoms with Crippen molar-refractivity contribution in [3.8, 4) is 0 Å². The fourth-order valence-corrected chi connectivity index (χ4v) is 7.03. The van der Waals surface area contributed by atoms with Crippen molar-refractivity contribution in [2.24, 2.45) is 11.8 Å². The van der Waals surface area contributed by atoms with Gasteiger partial charge in [-0.2, -0.15) is 0 Å². The number of carboxylic acid groups (broad SMARTS) is 1. The Balaban J connectivity index is 1.46. The van der Waals surface area contributed by atoms with Crippen molar-refractivity contribution in [3.63, 3.8) is 0 Å². The molecule has 220 valence electrons. The quantitative estimate of drug-likeness (QED) is 0.295. The molecule has 3 aromatic carbocycles. The predicted octanol–water partition coefficient (Wildman–Crippen LogP) is 4.86. The van der Waals surface area contributed by atoms with Gasteiger partial charge in [0.25, 0.3) is 0 Å². The number of carboxylic acids is 1. The fraction of sp³-hybridized carbons (Fsp3) is 0.400. The van der Waals surface area contributed by atoms with Crippen molar-refractivity contribution in [1.82, 2.24) is 14.7 Å². The number of hydrogen-bond donors (Lipinski definition) is 1. The number of carbonyl (C=O) groups excluding carboxylic acids is 2. The molecule has 2 saturated heterocycles. The van der Waals surface area contributed by atoms with E-state index >= 15 is 0 Å². The van der Waals surface area contributed by atoms with Gasteiger partial charge >= 0.3 is 5.97 Å². The summed E-state index contributed by atoms with van der Waals surface area (Å²) in [7, 11) is 1.57. The Hall–Kier alpha value is -3.97. The van der Waals surface area contributed by atoms with Crippen LogP contribution >= 0.6 is 0 Å². The zero-order valence-corrected chi connectivity index (χ0v) is 24.9. The molecular weight excluding hydrogens is 526 g/mol. The van der Waals surface area contributed by atoms with Crippen LogP contribution in [0, 0.1) is 11.8 Å². The summed E-state index contributed by atoms with van der Waals surface area (Å²) in [6, 6.07) is 29.4. The zero-order chi connectivity index (χ0) is 30.0. The Labute approximate surface area is 248 Å². The molecule has 5 atom stereocenters. The van der Waals surface area contributed by atoms with Crippen molar-refractivity contribution in [3.05, 3.63) is 108 Å². The minimum absolute atomic E-state index is 0.0217. The molecule has 0 aromatic heterocycles. The van der Waals surface area contributed by atoms with Crippen molar-refractivity contribution in [2.75, 3.05) is 20.1 Å². The van der Waals surface area contributed by atoms with Gasteiger partial charge in [0.2, 0.25) is 11.8 Å². The maximum absolute atomic E-state index is 14.3. The topological polar surface area (TPSA) is 80.9 Å². The lowest BCUT2D eigenvalue weighted by Gasteiger charge is -2.42. The van der Waals surface area contributed by atoms with Crippen molar-refractivity contribution >= 4 is 17.8 Å². The third-order valence-corrected chi connectivity index (χ3v) is 9.14. The Morgan fingerprint density at radius 1 is 0.857 bits per heavy atom. The monoisotopic (exact) mass is 567 g/mol. The number of amides is 2. The first kappa shape index (κ1) is 29.5. The van der Waals surface area contributed by atoms with Crippen LogP contribution in [-0.2, 0) is 19.9 Å². The number of rotatable bonds is 9. The summed E-state index contributed by atoms with van der Waals surface area (Å²) in [5, 5.41) is 9.77. The first-order chi connectivity index (χ1) is 20.2. The maximum Gasteiger partial charge on any atom is 0.326 e. The molecule has 42 heavy (non-hydrogen) atoms. The van der Waals surface area contributed by atoms with Gasteiger partial charge in [-0.1, -0.05) is 105 Å². The third-order valence-electron chi connectivity index (χ3n) is 9.14. The number of hydrogen-bond acceptors (Lipinski definition) is 4. The molecule has 2 aliphatic heterocycles. The molecular formula is C35H41N3O4. The van der Waals surface area contributed by atoms with Crippen LogP contribution in [0.3, 0.4) is 0 Å². The van der Waals surface area contributed by atoms with E-state index in [2.05, 4.69) is 41.3 Å². The number of carbonyl (C=O) groups is 3. The molecule has 0 radical (unpaired) electrons. The molecule has 2 fully saturated rings. The first-order valence-corrected chi connectivity index (χ1v) is 14.9. The Morgan fingerprint density at radius 2 is 1.33 bits per heavy atom. The average Bonchev–Trinajstić information content (AvgIpc) is 3.79. The molecule has 0 saturated carbocycles. The van der Waals surface area contributed by atoms with E-state index in [1.165, 1.54) is 4.90 Å². The number of piperidine rings is 1. The van der Waals surface area contributed by atoms with Gasteiger partial charge in [-0.3, -0.25) is 14.5 Å². The van der Waals surface area contributed by atoms with Crippen molar-refractivity contribution in [1.29, 1.82) is 0 Å². The summed E-state index contributed by atoms with van der Waals surface area (Å²) in [5.74, 6) is -1.86. The van der Waals surface area contributed by atoms with Crippen LogP contribution in [0.4, 0.5) is 0 Å². The van der Waals surface area contributed by atoms with Crippen LogP contribution in [0.1, 0.15) is 50.3 Å². The molecule has 0 bridgehead atoms. The maximum atomic E-state index is 14.3. The zero-order valence-electron chi connectivity index (χ0n) is 24.9. The van der Waals surface area contributed by atoms with Gasteiger partial charge < -0.3 is 14.9 Å². The van der Waals surface area contributed by atoms with Crippen LogP contribution in [0.2, 0.25) is 0 Å².